The van der Waals surface area contributed by atoms with Crippen LogP contribution in [0.25, 0.3) is 0 Å². The Labute approximate surface area is 90.9 Å². The summed E-state index contributed by atoms with van der Waals surface area (Å²) >= 11 is 0. The fourth-order valence-corrected chi connectivity index (χ4v) is 2.05. The zero-order valence-electron chi connectivity index (χ0n) is 10.8. The molecule has 0 N–H and O–H groups in total. The SMILES string of the molecule is CCC(CC)CN(C)CC(CC)CC. The molecule has 0 aromatic heterocycles. The van der Waals surface area contributed by atoms with E-state index in [1.165, 1.54) is 38.8 Å². The minimum Gasteiger partial charge on any atom is -0.306 e. The van der Waals surface area contributed by atoms with Gasteiger partial charge in [-0.25, -0.2) is 0 Å². The molecule has 0 radical (unpaired) electrons. The van der Waals surface area contributed by atoms with Crippen molar-refractivity contribution in [1.82, 2.24) is 4.90 Å². The van der Waals surface area contributed by atoms with E-state index in [1.54, 1.807) is 0 Å². The molecule has 0 aromatic rings. The van der Waals surface area contributed by atoms with E-state index in [1.807, 2.05) is 0 Å². The molecule has 0 spiro atoms. The average molecular weight is 199 g/mol. The van der Waals surface area contributed by atoms with Crippen molar-refractivity contribution >= 4 is 0 Å². The predicted molar refractivity (Wildman–Crippen MR) is 65.6 cm³/mol. The van der Waals surface area contributed by atoms with E-state index in [0.717, 1.165) is 11.8 Å². The minimum atomic E-state index is 0.898. The van der Waals surface area contributed by atoms with Gasteiger partial charge in [0.05, 0.1) is 0 Å². The van der Waals surface area contributed by atoms with Crippen LogP contribution in [-0.2, 0) is 0 Å². The molecule has 0 amide bonds. The van der Waals surface area contributed by atoms with Crippen LogP contribution in [0.1, 0.15) is 53.4 Å². The van der Waals surface area contributed by atoms with Crippen LogP contribution in [-0.4, -0.2) is 25.0 Å². The highest BCUT2D eigenvalue weighted by Crippen LogP contribution is 2.13. The number of nitrogens with zero attached hydrogens (tertiary/aromatic N) is 1. The molecule has 0 atom stereocenters. The van der Waals surface area contributed by atoms with Gasteiger partial charge in [0.2, 0.25) is 0 Å². The molecule has 0 rings (SSSR count). The molecule has 14 heavy (non-hydrogen) atoms. The van der Waals surface area contributed by atoms with Crippen molar-refractivity contribution < 1.29 is 0 Å². The van der Waals surface area contributed by atoms with Crippen LogP contribution in [0.15, 0.2) is 0 Å². The Hall–Kier alpha value is -0.0400. The number of hydrogen-bond acceptors (Lipinski definition) is 1. The Kier molecular flexibility index (Phi) is 8.26. The lowest BCUT2D eigenvalue weighted by Crippen LogP contribution is -2.30. The summed E-state index contributed by atoms with van der Waals surface area (Å²) in [6.45, 7) is 11.8. The summed E-state index contributed by atoms with van der Waals surface area (Å²) in [6.07, 6.45) is 5.29. The molecule has 0 heterocycles. The van der Waals surface area contributed by atoms with Gasteiger partial charge in [-0.3, -0.25) is 0 Å². The monoisotopic (exact) mass is 199 g/mol. The van der Waals surface area contributed by atoms with Crippen molar-refractivity contribution in [3.8, 4) is 0 Å². The summed E-state index contributed by atoms with van der Waals surface area (Å²) in [5.41, 5.74) is 0. The first-order valence-electron chi connectivity index (χ1n) is 6.36. The standard InChI is InChI=1S/C13H29N/c1-6-12(7-2)10-14(5)11-13(8-3)9-4/h12-13H,6-11H2,1-5H3. The quantitative estimate of drug-likeness (QED) is 0.575. The summed E-state index contributed by atoms with van der Waals surface area (Å²) in [7, 11) is 2.27. The Morgan fingerprint density at radius 2 is 1.00 bits per heavy atom. The summed E-state index contributed by atoms with van der Waals surface area (Å²) < 4.78 is 0. The third-order valence-corrected chi connectivity index (χ3v) is 3.45. The maximum absolute atomic E-state index is 2.52. The van der Waals surface area contributed by atoms with Crippen LogP contribution in [0, 0.1) is 11.8 Å². The van der Waals surface area contributed by atoms with Gasteiger partial charge in [-0.15, -0.1) is 0 Å². The number of hydrogen-bond donors (Lipinski definition) is 0. The summed E-state index contributed by atoms with van der Waals surface area (Å²) in [4.78, 5) is 2.52. The number of rotatable bonds is 8. The molecular weight excluding hydrogens is 170 g/mol. The van der Waals surface area contributed by atoms with Crippen molar-refractivity contribution in [2.75, 3.05) is 20.1 Å². The second-order valence-electron chi connectivity index (χ2n) is 4.59. The lowest BCUT2D eigenvalue weighted by Gasteiger charge is -2.25. The van der Waals surface area contributed by atoms with Gasteiger partial charge >= 0.3 is 0 Å². The molecule has 0 saturated heterocycles. The third-order valence-electron chi connectivity index (χ3n) is 3.45. The highest BCUT2D eigenvalue weighted by molar-refractivity contribution is 4.64. The van der Waals surface area contributed by atoms with E-state index in [4.69, 9.17) is 0 Å². The lowest BCUT2D eigenvalue weighted by molar-refractivity contribution is 0.225. The first kappa shape index (κ1) is 14.0. The molecule has 0 unspecified atom stereocenters. The average Bonchev–Trinajstić information content (AvgIpc) is 2.22. The van der Waals surface area contributed by atoms with E-state index >= 15 is 0 Å². The van der Waals surface area contributed by atoms with Gasteiger partial charge in [-0.2, -0.15) is 0 Å². The third kappa shape index (κ3) is 5.64. The van der Waals surface area contributed by atoms with Crippen LogP contribution < -0.4 is 0 Å². The first-order chi connectivity index (χ1) is 6.67. The van der Waals surface area contributed by atoms with E-state index in [-0.39, 0.29) is 0 Å². The Bertz CT molecular complexity index is 100. The van der Waals surface area contributed by atoms with Gasteiger partial charge in [0.1, 0.15) is 0 Å². The van der Waals surface area contributed by atoms with Crippen molar-refractivity contribution in [3.05, 3.63) is 0 Å². The first-order valence-corrected chi connectivity index (χ1v) is 6.36. The van der Waals surface area contributed by atoms with E-state index in [0.29, 0.717) is 0 Å². The van der Waals surface area contributed by atoms with Crippen LogP contribution in [0.2, 0.25) is 0 Å². The van der Waals surface area contributed by atoms with E-state index in [2.05, 4.69) is 39.6 Å². The predicted octanol–water partition coefficient (Wildman–Crippen LogP) is 3.79. The summed E-state index contributed by atoms with van der Waals surface area (Å²) in [6, 6.07) is 0. The van der Waals surface area contributed by atoms with Gasteiger partial charge < -0.3 is 4.90 Å². The summed E-state index contributed by atoms with van der Waals surface area (Å²) in [5, 5.41) is 0. The maximum atomic E-state index is 2.52. The largest absolute Gasteiger partial charge is 0.306 e. The fraction of sp³-hybridized carbons (Fsp3) is 1.00. The normalized spacial score (nSPS) is 12.0. The molecule has 0 bridgehead atoms. The van der Waals surface area contributed by atoms with Crippen molar-refractivity contribution in [3.63, 3.8) is 0 Å². The van der Waals surface area contributed by atoms with Crippen molar-refractivity contribution in [2.24, 2.45) is 11.8 Å². The molecule has 0 aromatic carbocycles. The molecular formula is C13H29N. The van der Waals surface area contributed by atoms with Crippen LogP contribution >= 0.6 is 0 Å². The smallest absolute Gasteiger partial charge is 0.000652 e. The Balaban J connectivity index is 3.77. The minimum absolute atomic E-state index is 0.898. The molecule has 0 fully saturated rings. The Morgan fingerprint density at radius 1 is 0.714 bits per heavy atom. The molecule has 86 valence electrons. The van der Waals surface area contributed by atoms with Crippen LogP contribution in [0.5, 0.6) is 0 Å². The Morgan fingerprint density at radius 3 is 1.21 bits per heavy atom. The second-order valence-corrected chi connectivity index (χ2v) is 4.59. The van der Waals surface area contributed by atoms with Gasteiger partial charge in [-0.1, -0.05) is 53.4 Å². The van der Waals surface area contributed by atoms with Crippen LogP contribution in [0.4, 0.5) is 0 Å². The lowest BCUT2D eigenvalue weighted by atomic mass is 10.00. The van der Waals surface area contributed by atoms with Gasteiger partial charge in [0.25, 0.3) is 0 Å². The second kappa shape index (κ2) is 8.28. The highest BCUT2D eigenvalue weighted by atomic mass is 15.1. The molecule has 0 saturated carbocycles. The molecule has 0 aliphatic heterocycles. The molecule has 0 aliphatic rings. The van der Waals surface area contributed by atoms with Crippen molar-refractivity contribution in [2.45, 2.75) is 53.4 Å². The van der Waals surface area contributed by atoms with E-state index < -0.39 is 0 Å². The zero-order valence-corrected chi connectivity index (χ0v) is 10.8. The van der Waals surface area contributed by atoms with E-state index in [9.17, 15) is 0 Å². The summed E-state index contributed by atoms with van der Waals surface area (Å²) in [5.74, 6) is 1.80. The molecule has 0 aliphatic carbocycles. The van der Waals surface area contributed by atoms with Crippen LogP contribution in [0.3, 0.4) is 0 Å². The molecule has 1 heteroatoms. The van der Waals surface area contributed by atoms with Gasteiger partial charge in [-0.05, 0) is 18.9 Å². The van der Waals surface area contributed by atoms with Gasteiger partial charge in [0.15, 0.2) is 0 Å². The zero-order chi connectivity index (χ0) is 11.0. The topological polar surface area (TPSA) is 3.24 Å². The van der Waals surface area contributed by atoms with Crippen molar-refractivity contribution in [1.29, 1.82) is 0 Å². The molecule has 1 nitrogen and oxygen atoms in total. The van der Waals surface area contributed by atoms with Gasteiger partial charge in [0, 0.05) is 13.1 Å². The fourth-order valence-electron chi connectivity index (χ4n) is 2.05. The highest BCUT2D eigenvalue weighted by Gasteiger charge is 2.11. The maximum Gasteiger partial charge on any atom is 0.000652 e.